The van der Waals surface area contributed by atoms with Crippen LogP contribution in [0.1, 0.15) is 20.8 Å². The van der Waals surface area contributed by atoms with Crippen LogP contribution in [-0.4, -0.2) is 29.1 Å². The number of benzene rings is 1. The molecule has 5 nitrogen and oxygen atoms in total. The predicted octanol–water partition coefficient (Wildman–Crippen LogP) is 2.17. The molecule has 0 saturated heterocycles. The van der Waals surface area contributed by atoms with Gasteiger partial charge in [0.15, 0.2) is 0 Å². The zero-order chi connectivity index (χ0) is 13.1. The molecule has 0 spiro atoms. The molecule has 2 N–H and O–H groups in total. The van der Waals surface area contributed by atoms with E-state index in [0.717, 1.165) is 0 Å². The SMILES string of the molecule is COC(=O)c1[nH]cc(C(=O)O)c1-c1ccccc1. The van der Waals surface area contributed by atoms with E-state index in [1.807, 2.05) is 6.07 Å². The van der Waals surface area contributed by atoms with Crippen molar-refractivity contribution in [2.45, 2.75) is 0 Å². The van der Waals surface area contributed by atoms with Crippen LogP contribution < -0.4 is 0 Å². The summed E-state index contributed by atoms with van der Waals surface area (Å²) in [6.07, 6.45) is 1.29. The lowest BCUT2D eigenvalue weighted by Crippen LogP contribution is -2.05. The lowest BCUT2D eigenvalue weighted by molar-refractivity contribution is 0.0595. The number of ether oxygens (including phenoxy) is 1. The highest BCUT2D eigenvalue weighted by Crippen LogP contribution is 2.28. The molecule has 0 fully saturated rings. The van der Waals surface area contributed by atoms with Gasteiger partial charge in [-0.1, -0.05) is 30.3 Å². The Morgan fingerprint density at radius 3 is 2.44 bits per heavy atom. The monoisotopic (exact) mass is 245 g/mol. The third-order valence-electron chi connectivity index (χ3n) is 2.56. The number of methoxy groups -OCH3 is 1. The van der Waals surface area contributed by atoms with Crippen LogP contribution in [-0.2, 0) is 4.74 Å². The zero-order valence-corrected chi connectivity index (χ0v) is 9.64. The normalized spacial score (nSPS) is 10.1. The van der Waals surface area contributed by atoms with Crippen LogP contribution in [0.2, 0.25) is 0 Å². The van der Waals surface area contributed by atoms with Crippen LogP contribution in [0.25, 0.3) is 11.1 Å². The van der Waals surface area contributed by atoms with E-state index in [-0.39, 0.29) is 11.3 Å². The van der Waals surface area contributed by atoms with Gasteiger partial charge in [0.25, 0.3) is 0 Å². The summed E-state index contributed by atoms with van der Waals surface area (Å²) in [5.74, 6) is -1.69. The van der Waals surface area contributed by atoms with E-state index in [4.69, 9.17) is 5.11 Å². The van der Waals surface area contributed by atoms with Gasteiger partial charge in [0.2, 0.25) is 0 Å². The largest absolute Gasteiger partial charge is 0.478 e. The minimum Gasteiger partial charge on any atom is -0.478 e. The smallest absolute Gasteiger partial charge is 0.355 e. The van der Waals surface area contributed by atoms with Crippen molar-refractivity contribution < 1.29 is 19.4 Å². The number of carboxylic acid groups (broad SMARTS) is 1. The van der Waals surface area contributed by atoms with Gasteiger partial charge in [-0.2, -0.15) is 0 Å². The summed E-state index contributed by atoms with van der Waals surface area (Å²) >= 11 is 0. The Morgan fingerprint density at radius 2 is 1.89 bits per heavy atom. The Kier molecular flexibility index (Phi) is 3.14. The second kappa shape index (κ2) is 4.75. The van der Waals surface area contributed by atoms with Gasteiger partial charge >= 0.3 is 11.9 Å². The maximum atomic E-state index is 11.6. The first-order chi connectivity index (χ1) is 8.65. The fourth-order valence-corrected chi connectivity index (χ4v) is 1.76. The summed E-state index contributed by atoms with van der Waals surface area (Å²) in [6, 6.07) is 8.84. The third-order valence-corrected chi connectivity index (χ3v) is 2.56. The number of aromatic carboxylic acids is 1. The van der Waals surface area contributed by atoms with Crippen molar-refractivity contribution in [2.24, 2.45) is 0 Å². The molecule has 18 heavy (non-hydrogen) atoms. The minimum absolute atomic E-state index is 0.0431. The molecule has 1 aromatic heterocycles. The van der Waals surface area contributed by atoms with Gasteiger partial charge in [0.05, 0.1) is 12.7 Å². The minimum atomic E-state index is -1.10. The lowest BCUT2D eigenvalue weighted by atomic mass is 10.0. The third kappa shape index (κ3) is 1.98. The van der Waals surface area contributed by atoms with Crippen molar-refractivity contribution in [2.75, 3.05) is 7.11 Å². The van der Waals surface area contributed by atoms with Gasteiger partial charge < -0.3 is 14.8 Å². The van der Waals surface area contributed by atoms with E-state index in [1.165, 1.54) is 13.3 Å². The average molecular weight is 245 g/mol. The molecule has 0 bridgehead atoms. The molecule has 92 valence electrons. The van der Waals surface area contributed by atoms with Crippen molar-refractivity contribution in [3.05, 3.63) is 47.8 Å². The van der Waals surface area contributed by atoms with Crippen LogP contribution in [0.4, 0.5) is 0 Å². The van der Waals surface area contributed by atoms with Crippen molar-refractivity contribution in [3.8, 4) is 11.1 Å². The summed E-state index contributed by atoms with van der Waals surface area (Å²) in [7, 11) is 1.25. The van der Waals surface area contributed by atoms with E-state index < -0.39 is 11.9 Å². The number of carbonyl (C=O) groups is 2. The van der Waals surface area contributed by atoms with Gasteiger partial charge in [0.1, 0.15) is 5.69 Å². The number of aromatic nitrogens is 1. The first-order valence-corrected chi connectivity index (χ1v) is 5.23. The van der Waals surface area contributed by atoms with E-state index in [1.54, 1.807) is 24.3 Å². The van der Waals surface area contributed by atoms with E-state index in [0.29, 0.717) is 11.1 Å². The Hall–Kier alpha value is -2.56. The molecular weight excluding hydrogens is 234 g/mol. The van der Waals surface area contributed by atoms with Crippen LogP contribution in [0.15, 0.2) is 36.5 Å². The van der Waals surface area contributed by atoms with Crippen molar-refractivity contribution in [1.29, 1.82) is 0 Å². The number of hydrogen-bond acceptors (Lipinski definition) is 3. The molecule has 2 aromatic rings. The maximum Gasteiger partial charge on any atom is 0.355 e. The van der Waals surface area contributed by atoms with E-state index >= 15 is 0 Å². The summed E-state index contributed by atoms with van der Waals surface area (Å²) in [4.78, 5) is 25.4. The highest BCUT2D eigenvalue weighted by molar-refractivity contribution is 6.04. The Labute approximate surface area is 103 Å². The number of rotatable bonds is 3. The van der Waals surface area contributed by atoms with Gasteiger partial charge in [0, 0.05) is 11.8 Å². The van der Waals surface area contributed by atoms with Crippen molar-refractivity contribution in [3.63, 3.8) is 0 Å². The molecule has 2 rings (SSSR count). The van der Waals surface area contributed by atoms with Gasteiger partial charge in [-0.15, -0.1) is 0 Å². The van der Waals surface area contributed by atoms with E-state index in [2.05, 4.69) is 9.72 Å². The average Bonchev–Trinajstić information content (AvgIpc) is 2.83. The molecule has 0 aliphatic rings. The first kappa shape index (κ1) is 11.9. The van der Waals surface area contributed by atoms with E-state index in [9.17, 15) is 9.59 Å². The Balaban J connectivity index is 2.65. The second-order valence-electron chi connectivity index (χ2n) is 3.62. The zero-order valence-electron chi connectivity index (χ0n) is 9.64. The van der Waals surface area contributed by atoms with Crippen molar-refractivity contribution >= 4 is 11.9 Å². The van der Waals surface area contributed by atoms with Gasteiger partial charge in [-0.3, -0.25) is 0 Å². The van der Waals surface area contributed by atoms with Crippen LogP contribution in [0.3, 0.4) is 0 Å². The molecule has 0 amide bonds. The van der Waals surface area contributed by atoms with Gasteiger partial charge in [-0.25, -0.2) is 9.59 Å². The summed E-state index contributed by atoms with van der Waals surface area (Å²) < 4.78 is 4.63. The highest BCUT2D eigenvalue weighted by atomic mass is 16.5. The molecule has 1 aromatic carbocycles. The highest BCUT2D eigenvalue weighted by Gasteiger charge is 2.22. The molecule has 0 unspecified atom stereocenters. The van der Waals surface area contributed by atoms with Crippen LogP contribution >= 0.6 is 0 Å². The summed E-state index contributed by atoms with van der Waals surface area (Å²) in [5.41, 5.74) is 1.18. The second-order valence-corrected chi connectivity index (χ2v) is 3.62. The summed E-state index contributed by atoms with van der Waals surface area (Å²) in [5, 5.41) is 9.12. The number of carboxylic acids is 1. The number of aromatic amines is 1. The van der Waals surface area contributed by atoms with Crippen LogP contribution in [0.5, 0.6) is 0 Å². The molecule has 0 aliphatic carbocycles. The Bertz CT molecular complexity index is 586. The number of H-pyrrole nitrogens is 1. The summed E-state index contributed by atoms with van der Waals surface area (Å²) in [6.45, 7) is 0. The van der Waals surface area contributed by atoms with Crippen molar-refractivity contribution in [1.82, 2.24) is 4.98 Å². The molecular formula is C13H11NO4. The predicted molar refractivity (Wildman–Crippen MR) is 64.5 cm³/mol. The fraction of sp³-hybridized carbons (Fsp3) is 0.0769. The number of carbonyl (C=O) groups excluding carboxylic acids is 1. The molecule has 0 saturated carbocycles. The standard InChI is InChI=1S/C13H11NO4/c1-18-13(17)11-10(8-5-3-2-4-6-8)9(7-14-11)12(15)16/h2-7,14H,1H3,(H,15,16). The van der Waals surface area contributed by atoms with Gasteiger partial charge in [-0.05, 0) is 5.56 Å². The van der Waals surface area contributed by atoms with Crippen LogP contribution in [0, 0.1) is 0 Å². The number of nitrogens with one attached hydrogen (secondary N) is 1. The molecule has 5 heteroatoms. The molecule has 1 heterocycles. The lowest BCUT2D eigenvalue weighted by Gasteiger charge is -2.04. The topological polar surface area (TPSA) is 79.4 Å². The molecule has 0 aliphatic heterocycles. The molecule has 0 radical (unpaired) electrons. The quantitative estimate of drug-likeness (QED) is 0.812. The number of hydrogen-bond donors (Lipinski definition) is 2. The molecule has 0 atom stereocenters. The fourth-order valence-electron chi connectivity index (χ4n) is 1.76. The maximum absolute atomic E-state index is 11.6. The first-order valence-electron chi connectivity index (χ1n) is 5.23. The number of esters is 1. The Morgan fingerprint density at radius 1 is 1.22 bits per heavy atom.